The van der Waals surface area contributed by atoms with Crippen LogP contribution in [0.5, 0.6) is 5.88 Å². The Hall–Kier alpha value is -2.91. The highest BCUT2D eigenvalue weighted by atomic mass is 35.5. The molecule has 36 heavy (non-hydrogen) atoms. The van der Waals surface area contributed by atoms with Crippen LogP contribution in [-0.4, -0.2) is 46.9 Å². The topological polar surface area (TPSA) is 93.1 Å². The minimum Gasteiger partial charge on any atom is -0.478 e. The Labute approximate surface area is 211 Å². The third-order valence-corrected chi connectivity index (χ3v) is 7.36. The lowest BCUT2D eigenvalue weighted by atomic mass is 10.1. The van der Waals surface area contributed by atoms with E-state index in [1.165, 1.54) is 19.4 Å². The van der Waals surface area contributed by atoms with Crippen LogP contribution in [0.2, 0.25) is 5.02 Å². The third-order valence-electron chi connectivity index (χ3n) is 5.67. The Morgan fingerprint density at radius 3 is 2.64 bits per heavy atom. The molecule has 0 radical (unpaired) electrons. The second-order valence-corrected chi connectivity index (χ2v) is 12.3. The van der Waals surface area contributed by atoms with Gasteiger partial charge in [0.05, 0.1) is 30.8 Å². The molecule has 0 saturated heterocycles. The summed E-state index contributed by atoms with van der Waals surface area (Å²) in [5.41, 5.74) is 0.678. The molecule has 3 aromatic rings. The average Bonchev–Trinajstić information content (AvgIpc) is 3.01. The van der Waals surface area contributed by atoms with Gasteiger partial charge in [-0.3, -0.25) is 4.98 Å². The molecule has 1 aliphatic heterocycles. The minimum atomic E-state index is -4.47. The first kappa shape index (κ1) is 26.2. The van der Waals surface area contributed by atoms with E-state index in [0.717, 1.165) is 30.7 Å². The van der Waals surface area contributed by atoms with Crippen molar-refractivity contribution in [3.05, 3.63) is 52.4 Å². The summed E-state index contributed by atoms with van der Waals surface area (Å²) in [6.45, 7) is 3.91. The fourth-order valence-electron chi connectivity index (χ4n) is 3.80. The van der Waals surface area contributed by atoms with Crippen molar-refractivity contribution in [1.29, 1.82) is 0 Å². The van der Waals surface area contributed by atoms with Gasteiger partial charge in [0.15, 0.2) is 17.5 Å². The normalized spacial score (nSPS) is 14.2. The van der Waals surface area contributed by atoms with Crippen LogP contribution < -0.4 is 20.4 Å². The zero-order valence-corrected chi connectivity index (χ0v) is 21.6. The number of hydrogen-bond donors (Lipinski definition) is 1. The van der Waals surface area contributed by atoms with E-state index in [4.69, 9.17) is 21.3 Å². The maximum absolute atomic E-state index is 13.3. The van der Waals surface area contributed by atoms with Crippen LogP contribution in [0.4, 0.5) is 30.6 Å². The largest absolute Gasteiger partial charge is 0.478 e. The number of nitrogens with one attached hydrogen (secondary N) is 1. The van der Waals surface area contributed by atoms with E-state index in [2.05, 4.69) is 20.3 Å². The van der Waals surface area contributed by atoms with Crippen LogP contribution >= 0.6 is 18.7 Å². The SMILES string of the molecule is COc1nc(P(C)(C)=O)cnc1Nc1cnc2c(n1)N(Cc1cc(C(F)(F)F)ccc1Cl)CCCC2. The van der Waals surface area contributed by atoms with Crippen molar-refractivity contribution in [2.75, 3.05) is 37.2 Å². The monoisotopic (exact) mass is 540 g/mol. The Morgan fingerprint density at radius 2 is 1.94 bits per heavy atom. The molecule has 192 valence electrons. The standard InChI is InChI=1S/C23H25ClF3N6O2P/c1-35-22-20(29-12-19(32-22)36(2,3)34)30-18-11-28-17-6-4-5-9-33(21(17)31-18)13-14-10-15(23(25,26)27)7-8-16(14)24/h7-8,10-12H,4-6,9,13H2,1-3H3,(H,29,30,31). The van der Waals surface area contributed by atoms with Gasteiger partial charge in [0.1, 0.15) is 12.6 Å². The van der Waals surface area contributed by atoms with Gasteiger partial charge in [-0.2, -0.15) is 13.2 Å². The van der Waals surface area contributed by atoms with Crippen LogP contribution in [0.15, 0.2) is 30.6 Å². The second-order valence-electron chi connectivity index (χ2n) is 8.77. The summed E-state index contributed by atoms with van der Waals surface area (Å²) in [6, 6.07) is 3.31. The number of halogens is 4. The molecule has 0 amide bonds. The van der Waals surface area contributed by atoms with Crippen molar-refractivity contribution in [3.63, 3.8) is 0 Å². The van der Waals surface area contributed by atoms with Crippen molar-refractivity contribution < 1.29 is 22.5 Å². The lowest BCUT2D eigenvalue weighted by Gasteiger charge is -2.25. The first-order chi connectivity index (χ1) is 17.0. The molecule has 0 spiro atoms. The molecular weight excluding hydrogens is 516 g/mol. The molecule has 0 fully saturated rings. The minimum absolute atomic E-state index is 0.147. The molecule has 0 saturated carbocycles. The van der Waals surface area contributed by atoms with Gasteiger partial charge in [-0.15, -0.1) is 0 Å². The highest BCUT2D eigenvalue weighted by molar-refractivity contribution is 7.69. The highest BCUT2D eigenvalue weighted by Gasteiger charge is 2.31. The molecule has 1 N–H and O–H groups in total. The van der Waals surface area contributed by atoms with E-state index in [1.807, 2.05) is 4.90 Å². The predicted octanol–water partition coefficient (Wildman–Crippen LogP) is 5.28. The van der Waals surface area contributed by atoms with Gasteiger partial charge >= 0.3 is 6.18 Å². The highest BCUT2D eigenvalue weighted by Crippen LogP contribution is 2.36. The van der Waals surface area contributed by atoms with Gasteiger partial charge in [-0.05, 0) is 56.4 Å². The number of aromatic nitrogens is 4. The van der Waals surface area contributed by atoms with Crippen LogP contribution in [-0.2, 0) is 23.7 Å². The maximum Gasteiger partial charge on any atom is 0.416 e. The van der Waals surface area contributed by atoms with Gasteiger partial charge in [-0.25, -0.2) is 15.0 Å². The summed E-state index contributed by atoms with van der Waals surface area (Å²) in [5, 5.41) is 3.28. The molecule has 1 aromatic carbocycles. The van der Waals surface area contributed by atoms with E-state index >= 15 is 0 Å². The number of fused-ring (bicyclic) bond motifs is 1. The van der Waals surface area contributed by atoms with Gasteiger partial charge < -0.3 is 19.5 Å². The summed E-state index contributed by atoms with van der Waals surface area (Å²) in [6.07, 6.45) is 0.896. The second kappa shape index (κ2) is 10.2. The number of hydrogen-bond acceptors (Lipinski definition) is 8. The lowest BCUT2D eigenvalue weighted by Crippen LogP contribution is -2.25. The Balaban J connectivity index is 1.66. The number of methoxy groups -OCH3 is 1. The summed E-state index contributed by atoms with van der Waals surface area (Å²) < 4.78 is 57.5. The number of anilines is 3. The number of ether oxygens (including phenoxy) is 1. The number of alkyl halides is 3. The molecule has 0 aliphatic carbocycles. The summed E-state index contributed by atoms with van der Waals surface area (Å²) in [7, 11) is -1.21. The zero-order valence-electron chi connectivity index (χ0n) is 19.9. The molecular formula is C23H25ClF3N6O2P. The summed E-state index contributed by atoms with van der Waals surface area (Å²) in [4.78, 5) is 19.7. The number of nitrogens with zero attached hydrogens (tertiary/aromatic N) is 5. The van der Waals surface area contributed by atoms with Crippen molar-refractivity contribution in [2.24, 2.45) is 0 Å². The molecule has 1 aliphatic rings. The quantitative estimate of drug-likeness (QED) is 0.422. The smallest absolute Gasteiger partial charge is 0.416 e. The van der Waals surface area contributed by atoms with Crippen molar-refractivity contribution >= 4 is 41.6 Å². The molecule has 0 unspecified atom stereocenters. The molecule has 0 bridgehead atoms. The number of aryl methyl sites for hydroxylation is 1. The van der Waals surface area contributed by atoms with Gasteiger partial charge in [0.2, 0.25) is 0 Å². The number of benzene rings is 1. The first-order valence-corrected chi connectivity index (χ1v) is 14.1. The van der Waals surface area contributed by atoms with Gasteiger partial charge in [0.25, 0.3) is 5.88 Å². The Bertz CT molecular complexity index is 1320. The molecule has 8 nitrogen and oxygen atoms in total. The fraction of sp³-hybridized carbons (Fsp3) is 0.391. The van der Waals surface area contributed by atoms with E-state index in [9.17, 15) is 17.7 Å². The fourth-order valence-corrected chi connectivity index (χ4v) is 4.64. The zero-order chi connectivity index (χ0) is 26.1. The summed E-state index contributed by atoms with van der Waals surface area (Å²) >= 11 is 6.26. The lowest BCUT2D eigenvalue weighted by molar-refractivity contribution is -0.137. The van der Waals surface area contributed by atoms with Crippen molar-refractivity contribution in [1.82, 2.24) is 19.9 Å². The maximum atomic E-state index is 13.3. The van der Waals surface area contributed by atoms with E-state index in [-0.39, 0.29) is 23.3 Å². The van der Waals surface area contributed by atoms with E-state index < -0.39 is 18.9 Å². The Kier molecular flexibility index (Phi) is 7.43. The van der Waals surface area contributed by atoms with Crippen LogP contribution in [0.25, 0.3) is 0 Å². The average molecular weight is 541 g/mol. The molecule has 13 heteroatoms. The van der Waals surface area contributed by atoms with Gasteiger partial charge in [-0.1, -0.05) is 11.6 Å². The molecule has 3 heterocycles. The third kappa shape index (κ3) is 5.90. The number of rotatable bonds is 6. The summed E-state index contributed by atoms with van der Waals surface area (Å²) in [5.74, 6) is 1.33. The van der Waals surface area contributed by atoms with E-state index in [1.54, 1.807) is 19.5 Å². The molecule has 2 aromatic heterocycles. The predicted molar refractivity (Wildman–Crippen MR) is 133 cm³/mol. The van der Waals surface area contributed by atoms with E-state index in [0.29, 0.717) is 35.6 Å². The molecule has 4 rings (SSSR count). The molecule has 0 atom stereocenters. The van der Waals surface area contributed by atoms with Crippen LogP contribution in [0.3, 0.4) is 0 Å². The van der Waals surface area contributed by atoms with Crippen LogP contribution in [0, 0.1) is 0 Å². The Morgan fingerprint density at radius 1 is 1.17 bits per heavy atom. The van der Waals surface area contributed by atoms with Crippen molar-refractivity contribution in [2.45, 2.75) is 32.0 Å². The van der Waals surface area contributed by atoms with Crippen LogP contribution in [0.1, 0.15) is 29.7 Å². The van der Waals surface area contributed by atoms with Crippen molar-refractivity contribution in [3.8, 4) is 5.88 Å². The first-order valence-electron chi connectivity index (χ1n) is 11.2. The van der Waals surface area contributed by atoms with Gasteiger partial charge in [0, 0.05) is 18.1 Å².